The first-order valence-corrected chi connectivity index (χ1v) is 9.72. The van der Waals surface area contributed by atoms with Crippen LogP contribution < -0.4 is 0 Å². The summed E-state index contributed by atoms with van der Waals surface area (Å²) in [4.78, 5) is 6.77. The molecular weight excluding hydrogens is 354 g/mol. The molecule has 1 aliphatic rings. The van der Waals surface area contributed by atoms with E-state index in [2.05, 4.69) is 15.0 Å². The van der Waals surface area contributed by atoms with Gasteiger partial charge in [-0.3, -0.25) is 4.90 Å². The summed E-state index contributed by atoms with van der Waals surface area (Å²) < 4.78 is 11.2. The van der Waals surface area contributed by atoms with Crippen LogP contribution in [-0.4, -0.2) is 39.4 Å². The molecule has 1 saturated heterocycles. The average Bonchev–Trinajstić information content (AvgIpc) is 3.37. The fourth-order valence-corrected chi connectivity index (χ4v) is 3.54. The summed E-state index contributed by atoms with van der Waals surface area (Å²) in [6.45, 7) is 2.75. The van der Waals surface area contributed by atoms with E-state index in [1.54, 1.807) is 6.07 Å². The average molecular weight is 379 g/mol. The Morgan fingerprint density at radius 1 is 1.04 bits per heavy atom. The lowest BCUT2D eigenvalue weighted by atomic mass is 10.1. The standard InChI is InChI=1S/C22H25N3O3/c26-20-11-5-4-9-18(20)14-25(15-19-10-6-12-27-19)16-21-23-22(28-24-21)13-17-7-2-1-3-8-17/h1-5,7-9,11,19,26H,6,10,12-16H2/t19-/m1/s1. The highest BCUT2D eigenvalue weighted by atomic mass is 16.5. The van der Waals surface area contributed by atoms with E-state index in [-0.39, 0.29) is 6.10 Å². The number of aromatic nitrogens is 2. The second-order valence-electron chi connectivity index (χ2n) is 7.20. The fourth-order valence-electron chi connectivity index (χ4n) is 3.54. The van der Waals surface area contributed by atoms with Crippen LogP contribution in [0.25, 0.3) is 0 Å². The minimum atomic E-state index is 0.210. The molecule has 1 aromatic heterocycles. The summed E-state index contributed by atoms with van der Waals surface area (Å²) in [5.74, 6) is 1.57. The van der Waals surface area contributed by atoms with Gasteiger partial charge in [-0.2, -0.15) is 4.98 Å². The van der Waals surface area contributed by atoms with Crippen molar-refractivity contribution >= 4 is 0 Å². The normalized spacial score (nSPS) is 16.7. The molecule has 0 spiro atoms. The Kier molecular flexibility index (Phi) is 5.99. The van der Waals surface area contributed by atoms with Crippen molar-refractivity contribution in [1.82, 2.24) is 15.0 Å². The number of phenols is 1. The molecule has 1 fully saturated rings. The number of hydrogen-bond acceptors (Lipinski definition) is 6. The van der Waals surface area contributed by atoms with Crippen LogP contribution in [0.4, 0.5) is 0 Å². The molecule has 0 aliphatic carbocycles. The number of ether oxygens (including phenoxy) is 1. The molecule has 2 aromatic carbocycles. The molecule has 0 radical (unpaired) electrons. The third-order valence-corrected chi connectivity index (χ3v) is 4.94. The lowest BCUT2D eigenvalue weighted by Crippen LogP contribution is -2.31. The molecule has 28 heavy (non-hydrogen) atoms. The van der Waals surface area contributed by atoms with Crippen LogP contribution in [0.1, 0.15) is 35.7 Å². The molecule has 0 saturated carbocycles. The predicted octanol–water partition coefficient (Wildman–Crippen LogP) is 3.55. The third-order valence-electron chi connectivity index (χ3n) is 4.94. The molecule has 2 heterocycles. The highest BCUT2D eigenvalue weighted by Gasteiger charge is 2.21. The Bertz CT molecular complexity index is 875. The van der Waals surface area contributed by atoms with E-state index < -0.39 is 0 Å². The largest absolute Gasteiger partial charge is 0.508 e. The van der Waals surface area contributed by atoms with Crippen LogP contribution in [-0.2, 0) is 24.2 Å². The van der Waals surface area contributed by atoms with E-state index in [1.165, 1.54) is 0 Å². The van der Waals surface area contributed by atoms with Crippen LogP contribution in [0.3, 0.4) is 0 Å². The second kappa shape index (κ2) is 8.99. The van der Waals surface area contributed by atoms with Gasteiger partial charge < -0.3 is 14.4 Å². The van der Waals surface area contributed by atoms with Crippen molar-refractivity contribution in [3.05, 3.63) is 77.4 Å². The smallest absolute Gasteiger partial charge is 0.231 e. The number of aromatic hydroxyl groups is 1. The van der Waals surface area contributed by atoms with Gasteiger partial charge in [0.25, 0.3) is 0 Å². The number of benzene rings is 2. The predicted molar refractivity (Wildman–Crippen MR) is 105 cm³/mol. The van der Waals surface area contributed by atoms with Crippen molar-refractivity contribution in [1.29, 1.82) is 0 Å². The molecule has 6 heteroatoms. The summed E-state index contributed by atoms with van der Waals surface area (Å²) >= 11 is 0. The zero-order chi connectivity index (χ0) is 19.2. The van der Waals surface area contributed by atoms with Crippen molar-refractivity contribution < 1.29 is 14.4 Å². The third kappa shape index (κ3) is 4.97. The monoisotopic (exact) mass is 379 g/mol. The SMILES string of the molecule is Oc1ccccc1CN(Cc1noc(Cc2ccccc2)n1)C[C@H]1CCCO1. The van der Waals surface area contributed by atoms with Gasteiger partial charge in [0, 0.05) is 25.3 Å². The van der Waals surface area contributed by atoms with Gasteiger partial charge in [-0.25, -0.2) is 0 Å². The van der Waals surface area contributed by atoms with Crippen molar-refractivity contribution in [2.75, 3.05) is 13.2 Å². The zero-order valence-corrected chi connectivity index (χ0v) is 15.8. The molecule has 0 bridgehead atoms. The van der Waals surface area contributed by atoms with Gasteiger partial charge in [0.05, 0.1) is 19.1 Å². The van der Waals surface area contributed by atoms with E-state index in [1.807, 2.05) is 48.5 Å². The minimum absolute atomic E-state index is 0.210. The van der Waals surface area contributed by atoms with Crippen LogP contribution in [0.15, 0.2) is 59.1 Å². The maximum Gasteiger partial charge on any atom is 0.231 e. The molecule has 0 amide bonds. The lowest BCUT2D eigenvalue weighted by molar-refractivity contribution is 0.0664. The summed E-state index contributed by atoms with van der Waals surface area (Å²) in [6, 6.07) is 17.5. The number of phenolic OH excluding ortho intramolecular Hbond substituents is 1. The molecule has 4 rings (SSSR count). The zero-order valence-electron chi connectivity index (χ0n) is 15.8. The first-order valence-electron chi connectivity index (χ1n) is 9.72. The Morgan fingerprint density at radius 3 is 2.64 bits per heavy atom. The molecule has 0 unspecified atom stereocenters. The first kappa shape index (κ1) is 18.7. The highest BCUT2D eigenvalue weighted by molar-refractivity contribution is 5.31. The highest BCUT2D eigenvalue weighted by Crippen LogP contribution is 2.21. The Hall–Kier alpha value is -2.70. The first-order chi connectivity index (χ1) is 13.8. The summed E-state index contributed by atoms with van der Waals surface area (Å²) in [5.41, 5.74) is 2.02. The van der Waals surface area contributed by atoms with Crippen molar-refractivity contribution in [3.8, 4) is 5.75 Å². The lowest BCUT2D eigenvalue weighted by Gasteiger charge is -2.24. The van der Waals surface area contributed by atoms with E-state index in [0.717, 1.165) is 37.1 Å². The van der Waals surface area contributed by atoms with Gasteiger partial charge >= 0.3 is 0 Å². The molecule has 3 aromatic rings. The summed E-state index contributed by atoms with van der Waals surface area (Å²) in [7, 11) is 0. The molecule has 1 aliphatic heterocycles. The van der Waals surface area contributed by atoms with Crippen LogP contribution in [0, 0.1) is 0 Å². The van der Waals surface area contributed by atoms with Gasteiger partial charge in [-0.05, 0) is 24.5 Å². The Balaban J connectivity index is 1.45. The fraction of sp³-hybridized carbons (Fsp3) is 0.364. The van der Waals surface area contributed by atoms with E-state index in [9.17, 15) is 5.11 Å². The quantitative estimate of drug-likeness (QED) is 0.645. The van der Waals surface area contributed by atoms with E-state index in [0.29, 0.717) is 37.0 Å². The van der Waals surface area contributed by atoms with Crippen molar-refractivity contribution in [3.63, 3.8) is 0 Å². The Labute approximate surface area is 164 Å². The molecule has 1 N–H and O–H groups in total. The van der Waals surface area contributed by atoms with E-state index >= 15 is 0 Å². The summed E-state index contributed by atoms with van der Waals surface area (Å²) in [6.07, 6.45) is 2.99. The Morgan fingerprint density at radius 2 is 1.86 bits per heavy atom. The molecule has 1 atom stereocenters. The van der Waals surface area contributed by atoms with Crippen LogP contribution in [0.5, 0.6) is 5.75 Å². The minimum Gasteiger partial charge on any atom is -0.508 e. The van der Waals surface area contributed by atoms with Gasteiger partial charge in [-0.15, -0.1) is 0 Å². The second-order valence-corrected chi connectivity index (χ2v) is 7.20. The van der Waals surface area contributed by atoms with E-state index in [4.69, 9.17) is 9.26 Å². The number of nitrogens with zero attached hydrogens (tertiary/aromatic N) is 3. The number of rotatable bonds is 8. The van der Waals surface area contributed by atoms with Gasteiger partial charge in [0.15, 0.2) is 5.82 Å². The van der Waals surface area contributed by atoms with Gasteiger partial charge in [-0.1, -0.05) is 53.7 Å². The van der Waals surface area contributed by atoms with Gasteiger partial charge in [0.1, 0.15) is 5.75 Å². The number of para-hydroxylation sites is 1. The van der Waals surface area contributed by atoms with Crippen molar-refractivity contribution in [2.45, 2.75) is 38.5 Å². The molecular formula is C22H25N3O3. The van der Waals surface area contributed by atoms with Crippen LogP contribution >= 0.6 is 0 Å². The maximum atomic E-state index is 10.1. The molecule has 146 valence electrons. The number of hydrogen-bond donors (Lipinski definition) is 1. The molecule has 6 nitrogen and oxygen atoms in total. The summed E-state index contributed by atoms with van der Waals surface area (Å²) in [5, 5.41) is 14.3. The van der Waals surface area contributed by atoms with Gasteiger partial charge in [0.2, 0.25) is 5.89 Å². The maximum absolute atomic E-state index is 10.1. The van der Waals surface area contributed by atoms with Crippen molar-refractivity contribution in [2.24, 2.45) is 0 Å². The van der Waals surface area contributed by atoms with Crippen LogP contribution in [0.2, 0.25) is 0 Å². The topological polar surface area (TPSA) is 71.6 Å².